The van der Waals surface area contributed by atoms with Crippen LogP contribution in [0, 0.1) is 12.3 Å². The summed E-state index contributed by atoms with van der Waals surface area (Å²) < 4.78 is 0. The van der Waals surface area contributed by atoms with Crippen molar-refractivity contribution in [2.45, 2.75) is 13.8 Å². The molecule has 1 amide bonds. The van der Waals surface area contributed by atoms with Crippen molar-refractivity contribution in [3.05, 3.63) is 77.7 Å². The van der Waals surface area contributed by atoms with Crippen LogP contribution in [0.5, 0.6) is 0 Å². The van der Waals surface area contributed by atoms with E-state index in [-0.39, 0.29) is 11.7 Å². The van der Waals surface area contributed by atoms with Gasteiger partial charge in [0.15, 0.2) is 5.78 Å². The highest BCUT2D eigenvalue weighted by atomic mass is 16.1. The second-order valence-electron chi connectivity index (χ2n) is 5.29. The first-order valence-electron chi connectivity index (χ1n) is 7.39. The molecule has 0 saturated carbocycles. The van der Waals surface area contributed by atoms with Gasteiger partial charge in [0, 0.05) is 16.7 Å². The number of nitrogens with one attached hydrogen (secondary N) is 1. The fraction of sp³-hybridized carbons (Fsp3) is 0.211. The molecule has 0 saturated heterocycles. The van der Waals surface area contributed by atoms with Crippen LogP contribution in [0.3, 0.4) is 0 Å². The third kappa shape index (κ3) is 4.04. The molecule has 0 heterocycles. The van der Waals surface area contributed by atoms with Gasteiger partial charge in [0.1, 0.15) is 0 Å². The van der Waals surface area contributed by atoms with E-state index in [1.807, 2.05) is 38.5 Å². The summed E-state index contributed by atoms with van der Waals surface area (Å²) in [6.07, 6.45) is 2.04. The minimum absolute atomic E-state index is 0.0400. The van der Waals surface area contributed by atoms with Crippen molar-refractivity contribution in [3.63, 3.8) is 0 Å². The molecule has 2 aromatic carbocycles. The third-order valence-electron chi connectivity index (χ3n) is 3.60. The maximum Gasteiger partial charge on any atom is 0.251 e. The van der Waals surface area contributed by atoms with Gasteiger partial charge in [0.25, 0.3) is 5.91 Å². The van der Waals surface area contributed by atoms with Crippen LogP contribution in [0.15, 0.2) is 54.6 Å². The van der Waals surface area contributed by atoms with E-state index in [0.717, 1.165) is 0 Å². The Morgan fingerprint density at radius 1 is 0.955 bits per heavy atom. The van der Waals surface area contributed by atoms with Crippen molar-refractivity contribution in [2.75, 3.05) is 6.54 Å². The smallest absolute Gasteiger partial charge is 0.251 e. The lowest BCUT2D eigenvalue weighted by molar-refractivity contribution is 0.0948. The number of carbonyl (C=O) groups excluding carboxylic acids is 2. The number of hydrogen-bond donors (Lipinski definition) is 1. The molecule has 0 bridgehead atoms. The predicted octanol–water partition coefficient (Wildman–Crippen LogP) is 3.51. The minimum atomic E-state index is -0.118. The summed E-state index contributed by atoms with van der Waals surface area (Å²) in [5.41, 5.74) is 1.79. The van der Waals surface area contributed by atoms with Gasteiger partial charge in [-0.2, -0.15) is 12.8 Å². The summed E-state index contributed by atoms with van der Waals surface area (Å²) in [6, 6.07) is 15.9. The topological polar surface area (TPSA) is 46.2 Å². The average Bonchev–Trinajstić information content (AvgIpc) is 2.59. The van der Waals surface area contributed by atoms with Crippen LogP contribution >= 0.6 is 0 Å². The zero-order chi connectivity index (χ0) is 15.9. The fourth-order valence-electron chi connectivity index (χ4n) is 2.00. The predicted molar refractivity (Wildman–Crippen MR) is 87.8 cm³/mol. The van der Waals surface area contributed by atoms with Gasteiger partial charge in [-0.25, -0.2) is 0 Å². The summed E-state index contributed by atoms with van der Waals surface area (Å²) in [4.78, 5) is 24.3. The standard InChI is InChI=1S/C19H20NO2/c1-3-14(2)13-20-19(22)17-11-9-16(10-12-17)18(21)15-7-5-4-6-8-15/h3-12,14H,13H2,1-2H3,(H,20,22)/q-1. The van der Waals surface area contributed by atoms with Crippen LogP contribution in [-0.4, -0.2) is 18.2 Å². The van der Waals surface area contributed by atoms with E-state index >= 15 is 0 Å². The van der Waals surface area contributed by atoms with Crippen molar-refractivity contribution in [3.8, 4) is 0 Å². The van der Waals surface area contributed by atoms with E-state index in [1.54, 1.807) is 36.4 Å². The summed E-state index contributed by atoms with van der Waals surface area (Å²) >= 11 is 0. The number of ketones is 1. The molecule has 114 valence electrons. The highest BCUT2D eigenvalue weighted by Gasteiger charge is 2.10. The first-order valence-corrected chi connectivity index (χ1v) is 7.39. The average molecular weight is 294 g/mol. The Morgan fingerprint density at radius 3 is 2.09 bits per heavy atom. The lowest BCUT2D eigenvalue weighted by atomic mass is 10.0. The van der Waals surface area contributed by atoms with Gasteiger partial charge >= 0.3 is 0 Å². The highest BCUT2D eigenvalue weighted by molar-refractivity contribution is 6.09. The zero-order valence-electron chi connectivity index (χ0n) is 12.9. The van der Waals surface area contributed by atoms with Crippen molar-refractivity contribution in [1.29, 1.82) is 0 Å². The Bertz CT molecular complexity index is 632. The number of benzene rings is 2. The lowest BCUT2D eigenvalue weighted by Gasteiger charge is -2.17. The Morgan fingerprint density at radius 2 is 1.50 bits per heavy atom. The number of carbonyl (C=O) groups is 2. The van der Waals surface area contributed by atoms with Gasteiger partial charge in [-0.15, -0.1) is 0 Å². The Labute approximate surface area is 131 Å². The number of amides is 1. The molecule has 0 aliphatic carbocycles. The maximum atomic E-state index is 12.3. The number of rotatable bonds is 6. The summed E-state index contributed by atoms with van der Waals surface area (Å²) in [5, 5.41) is 2.87. The second kappa shape index (κ2) is 7.55. The Hall–Kier alpha value is -2.42. The van der Waals surface area contributed by atoms with Crippen molar-refractivity contribution in [1.82, 2.24) is 5.32 Å². The normalized spacial score (nSPS) is 11.7. The first-order chi connectivity index (χ1) is 10.6. The van der Waals surface area contributed by atoms with Gasteiger partial charge in [0.2, 0.25) is 0 Å². The zero-order valence-corrected chi connectivity index (χ0v) is 12.9. The number of hydrogen-bond acceptors (Lipinski definition) is 2. The van der Waals surface area contributed by atoms with Gasteiger partial charge in [-0.05, 0) is 18.7 Å². The summed E-state index contributed by atoms with van der Waals surface area (Å²) in [7, 11) is 0. The second-order valence-corrected chi connectivity index (χ2v) is 5.29. The summed E-state index contributed by atoms with van der Waals surface area (Å²) in [6.45, 7) is 4.63. The molecule has 1 N–H and O–H groups in total. The molecule has 1 atom stereocenters. The molecule has 0 fully saturated rings. The molecule has 3 nitrogen and oxygen atoms in total. The van der Waals surface area contributed by atoms with Crippen LogP contribution in [0.4, 0.5) is 0 Å². The van der Waals surface area contributed by atoms with E-state index in [9.17, 15) is 9.59 Å². The molecule has 0 aromatic heterocycles. The van der Waals surface area contributed by atoms with E-state index in [2.05, 4.69) is 5.32 Å². The van der Waals surface area contributed by atoms with Gasteiger partial charge in [-0.1, -0.05) is 49.4 Å². The molecule has 1 unspecified atom stereocenters. The van der Waals surface area contributed by atoms with Gasteiger partial charge in [-0.3, -0.25) is 9.59 Å². The van der Waals surface area contributed by atoms with Crippen molar-refractivity contribution < 1.29 is 9.59 Å². The SMILES string of the molecule is C[CH-]C(C)CNC(=O)c1ccc(C(=O)c2ccccc2)cc1. The molecular formula is C19H20NO2-. The summed E-state index contributed by atoms with van der Waals surface area (Å²) in [5.74, 6) is 0.178. The molecule has 2 aromatic rings. The maximum absolute atomic E-state index is 12.3. The van der Waals surface area contributed by atoms with Crippen molar-refractivity contribution >= 4 is 11.7 Å². The van der Waals surface area contributed by atoms with Crippen LogP contribution in [0.25, 0.3) is 0 Å². The molecule has 2 rings (SSSR count). The lowest BCUT2D eigenvalue weighted by Crippen LogP contribution is -2.28. The Balaban J connectivity index is 2.04. The van der Waals surface area contributed by atoms with E-state index in [1.165, 1.54) is 0 Å². The van der Waals surface area contributed by atoms with E-state index in [0.29, 0.717) is 29.2 Å². The van der Waals surface area contributed by atoms with E-state index in [4.69, 9.17) is 0 Å². The van der Waals surface area contributed by atoms with Crippen LogP contribution in [-0.2, 0) is 0 Å². The highest BCUT2D eigenvalue weighted by Crippen LogP contribution is 2.11. The molecule has 3 heteroatoms. The molecule has 0 spiro atoms. The monoisotopic (exact) mass is 294 g/mol. The van der Waals surface area contributed by atoms with E-state index < -0.39 is 0 Å². The fourth-order valence-corrected chi connectivity index (χ4v) is 2.00. The van der Waals surface area contributed by atoms with Crippen LogP contribution in [0.2, 0.25) is 0 Å². The molecule has 0 aliphatic heterocycles. The van der Waals surface area contributed by atoms with Crippen LogP contribution < -0.4 is 5.32 Å². The molecule has 22 heavy (non-hydrogen) atoms. The first kappa shape index (κ1) is 16.0. The van der Waals surface area contributed by atoms with Crippen molar-refractivity contribution in [2.24, 2.45) is 5.92 Å². The van der Waals surface area contributed by atoms with Gasteiger partial charge in [0.05, 0.1) is 0 Å². The quantitative estimate of drug-likeness (QED) is 0.654. The van der Waals surface area contributed by atoms with Gasteiger partial charge < -0.3 is 11.7 Å². The molecular weight excluding hydrogens is 274 g/mol. The Kier molecular flexibility index (Phi) is 5.48. The molecule has 0 aliphatic rings. The minimum Gasteiger partial charge on any atom is -0.354 e. The van der Waals surface area contributed by atoms with Crippen LogP contribution in [0.1, 0.15) is 40.1 Å². The molecule has 0 radical (unpaired) electrons. The third-order valence-corrected chi connectivity index (χ3v) is 3.60. The largest absolute Gasteiger partial charge is 0.354 e.